The minimum Gasteiger partial charge on any atom is -0.544 e. The van der Waals surface area contributed by atoms with Gasteiger partial charge in [-0.1, -0.05) is 148 Å². The van der Waals surface area contributed by atoms with Crippen LogP contribution in [-0.2, 0) is 28.6 Å². The maximum absolute atomic E-state index is 12.7. The van der Waals surface area contributed by atoms with E-state index in [0.29, 0.717) is 12.8 Å². The molecule has 348 valence electrons. The summed E-state index contributed by atoms with van der Waals surface area (Å²) in [5.41, 5.74) is 0. The van der Waals surface area contributed by atoms with Gasteiger partial charge in [-0.25, -0.2) is 0 Å². The van der Waals surface area contributed by atoms with E-state index in [4.69, 9.17) is 14.2 Å². The fourth-order valence-corrected chi connectivity index (χ4v) is 5.95. The fourth-order valence-electron chi connectivity index (χ4n) is 5.95. The number of carbonyl (C=O) groups is 3. The Bertz CT molecular complexity index is 1420. The van der Waals surface area contributed by atoms with Crippen LogP contribution in [0.25, 0.3) is 0 Å². The van der Waals surface area contributed by atoms with Crippen molar-refractivity contribution in [3.05, 3.63) is 122 Å². The van der Waals surface area contributed by atoms with Gasteiger partial charge in [0.15, 0.2) is 6.10 Å². The number of rotatable bonds is 40. The van der Waals surface area contributed by atoms with Crippen LogP contribution in [0.2, 0.25) is 0 Å². The van der Waals surface area contributed by atoms with E-state index in [1.165, 1.54) is 25.7 Å². The second-order valence-electron chi connectivity index (χ2n) is 16.3. The molecule has 0 rings (SSSR count). The Hall–Kier alpha value is -4.27. The first-order valence-corrected chi connectivity index (χ1v) is 23.6. The average Bonchev–Trinajstić information content (AvgIpc) is 3.23. The molecule has 0 radical (unpaired) electrons. The van der Waals surface area contributed by atoms with Crippen LogP contribution in [0.3, 0.4) is 0 Å². The molecule has 8 nitrogen and oxygen atoms in total. The Labute approximate surface area is 378 Å². The number of carboxylic acid groups (broad SMARTS) is 1. The molecule has 0 bridgehead atoms. The van der Waals surface area contributed by atoms with Gasteiger partial charge >= 0.3 is 11.9 Å². The zero-order chi connectivity index (χ0) is 45.6. The van der Waals surface area contributed by atoms with Gasteiger partial charge in [0, 0.05) is 19.3 Å². The maximum Gasteiger partial charge on any atom is 0.306 e. The molecular weight excluding hydrogens is 775 g/mol. The molecule has 0 fully saturated rings. The van der Waals surface area contributed by atoms with Crippen molar-refractivity contribution in [2.75, 3.05) is 41.0 Å². The molecule has 0 aromatic heterocycles. The topological polar surface area (TPSA) is 102 Å². The van der Waals surface area contributed by atoms with Crippen molar-refractivity contribution in [3.8, 4) is 0 Å². The monoisotopic (exact) mass is 860 g/mol. The smallest absolute Gasteiger partial charge is 0.306 e. The minimum absolute atomic E-state index is 0.00418. The average molecular weight is 860 g/mol. The summed E-state index contributed by atoms with van der Waals surface area (Å²) in [4.78, 5) is 36.9. The predicted octanol–water partition coefficient (Wildman–Crippen LogP) is 12.1. The molecule has 0 spiro atoms. The summed E-state index contributed by atoms with van der Waals surface area (Å²) in [6.07, 6.45) is 60.9. The highest BCUT2D eigenvalue weighted by Gasteiger charge is 2.25. The number of hydrogen-bond acceptors (Lipinski definition) is 7. The first kappa shape index (κ1) is 57.7. The second kappa shape index (κ2) is 43.4. The molecule has 0 aliphatic carbocycles. The number of quaternary nitrogens is 1. The lowest BCUT2D eigenvalue weighted by atomic mass is 10.1. The van der Waals surface area contributed by atoms with Crippen molar-refractivity contribution in [3.63, 3.8) is 0 Å². The van der Waals surface area contributed by atoms with Gasteiger partial charge in [0.1, 0.15) is 12.6 Å². The Morgan fingerprint density at radius 1 is 0.500 bits per heavy atom. The summed E-state index contributed by atoms with van der Waals surface area (Å²) < 4.78 is 17.1. The first-order valence-electron chi connectivity index (χ1n) is 23.6. The lowest BCUT2D eigenvalue weighted by Crippen LogP contribution is -2.55. The summed E-state index contributed by atoms with van der Waals surface area (Å²) in [5.74, 6) is -1.88. The van der Waals surface area contributed by atoms with Gasteiger partial charge in [0.2, 0.25) is 0 Å². The van der Waals surface area contributed by atoms with E-state index in [-0.39, 0.29) is 55.5 Å². The third-order valence-electron chi connectivity index (χ3n) is 9.58. The molecule has 0 aliphatic rings. The number of ether oxygens (including phenoxy) is 3. The number of aliphatic carboxylic acids is 1. The van der Waals surface area contributed by atoms with Crippen molar-refractivity contribution < 1.29 is 38.2 Å². The van der Waals surface area contributed by atoms with Gasteiger partial charge in [-0.3, -0.25) is 9.59 Å². The van der Waals surface area contributed by atoms with E-state index in [2.05, 4.69) is 135 Å². The normalized spacial score (nSPS) is 14.0. The van der Waals surface area contributed by atoms with Gasteiger partial charge < -0.3 is 28.6 Å². The van der Waals surface area contributed by atoms with E-state index in [1.807, 2.05) is 0 Å². The van der Waals surface area contributed by atoms with Crippen LogP contribution in [-0.4, -0.2) is 75.5 Å². The van der Waals surface area contributed by atoms with E-state index in [9.17, 15) is 19.5 Å². The number of likely N-dealkylation sites (N-methyl/N-ethyl adjacent to an activating group) is 1. The Morgan fingerprint density at radius 2 is 0.903 bits per heavy atom. The van der Waals surface area contributed by atoms with Crippen molar-refractivity contribution in [1.29, 1.82) is 0 Å². The zero-order valence-corrected chi connectivity index (χ0v) is 39.5. The quantitative estimate of drug-likeness (QED) is 0.0262. The van der Waals surface area contributed by atoms with Crippen LogP contribution in [0.5, 0.6) is 0 Å². The molecule has 0 N–H and O–H groups in total. The predicted molar refractivity (Wildman–Crippen MR) is 258 cm³/mol. The van der Waals surface area contributed by atoms with E-state index < -0.39 is 18.1 Å². The summed E-state index contributed by atoms with van der Waals surface area (Å²) in [7, 11) is 5.36. The second-order valence-corrected chi connectivity index (χ2v) is 16.3. The number of hydrogen-bond donors (Lipinski definition) is 0. The SMILES string of the molecule is CC/C=C/C/C=C/C/C=C/C/C=C/C/C=C/C/C=C/CCCCC(=O)OCC(COCCC(C(=O)[O-])[N+](C)(C)C)OC(=O)CCC/C=C/C/C=C/C/C=C/C/C=C/CCCCC. The number of unbranched alkanes of at least 4 members (excludes halogenated alkanes) is 6. The summed E-state index contributed by atoms with van der Waals surface area (Å²) in [6, 6.07) is -0.750. The Balaban J connectivity index is 4.51. The van der Waals surface area contributed by atoms with Gasteiger partial charge in [-0.05, 0) is 103 Å². The fraction of sp³-hybridized carbons (Fsp3) is 0.574. The number of esters is 2. The minimum atomic E-state index is -1.15. The molecule has 0 heterocycles. The van der Waals surface area contributed by atoms with Crippen molar-refractivity contribution >= 4 is 17.9 Å². The first-order chi connectivity index (χ1) is 30.1. The van der Waals surface area contributed by atoms with Crippen molar-refractivity contribution in [2.24, 2.45) is 0 Å². The number of carbonyl (C=O) groups excluding carboxylic acids is 3. The molecule has 2 atom stereocenters. The third kappa shape index (κ3) is 41.1. The molecule has 0 aliphatic heterocycles. The molecule has 0 aromatic carbocycles. The van der Waals surface area contributed by atoms with Crippen LogP contribution < -0.4 is 5.11 Å². The maximum atomic E-state index is 12.7. The van der Waals surface area contributed by atoms with Gasteiger partial charge in [-0.15, -0.1) is 0 Å². The van der Waals surface area contributed by atoms with Crippen LogP contribution in [0, 0.1) is 0 Å². The standard InChI is InChI=1S/C54H85NO7/c1-6-8-10-12-14-16-18-20-22-24-25-26-27-29-30-32-34-36-38-40-42-44-52(56)61-49-50(48-60-47-46-51(54(58)59)55(3,4)5)62-53(57)45-43-41-39-37-35-33-31-28-23-21-19-17-15-13-11-9-7-2/h8,10,14-17,20-23,25-26,29-31,33-34,36-37,39,50-51H,6-7,9,11-13,18-19,24,27-28,32,35,38,40-49H2,1-5H3/b10-8+,16-14+,17-15+,22-20+,23-21+,26-25+,30-29+,33-31+,36-34+,39-37+. The van der Waals surface area contributed by atoms with E-state index >= 15 is 0 Å². The summed E-state index contributed by atoms with van der Waals surface area (Å²) in [5, 5.41) is 11.6. The zero-order valence-electron chi connectivity index (χ0n) is 39.5. The lowest BCUT2D eigenvalue weighted by molar-refractivity contribution is -0.889. The highest BCUT2D eigenvalue weighted by molar-refractivity contribution is 5.70. The van der Waals surface area contributed by atoms with Gasteiger partial charge in [0.05, 0.1) is 40.3 Å². The van der Waals surface area contributed by atoms with Crippen molar-refractivity contribution in [1.82, 2.24) is 0 Å². The van der Waals surface area contributed by atoms with Crippen LogP contribution >= 0.6 is 0 Å². The number of nitrogens with zero attached hydrogens (tertiary/aromatic N) is 1. The van der Waals surface area contributed by atoms with Crippen LogP contribution in [0.4, 0.5) is 0 Å². The summed E-state index contributed by atoms with van der Waals surface area (Å²) >= 11 is 0. The molecule has 0 saturated heterocycles. The van der Waals surface area contributed by atoms with Crippen molar-refractivity contribution in [2.45, 2.75) is 161 Å². The molecular formula is C54H85NO7. The molecule has 0 amide bonds. The van der Waals surface area contributed by atoms with E-state index in [1.54, 1.807) is 21.1 Å². The molecule has 62 heavy (non-hydrogen) atoms. The lowest BCUT2D eigenvalue weighted by Gasteiger charge is -2.34. The molecule has 8 heteroatoms. The Morgan fingerprint density at radius 3 is 1.32 bits per heavy atom. The van der Waals surface area contributed by atoms with E-state index in [0.717, 1.165) is 77.0 Å². The highest BCUT2D eigenvalue weighted by atomic mass is 16.6. The Kier molecular flexibility index (Phi) is 40.4. The number of allylic oxidation sites excluding steroid dienone is 20. The van der Waals surface area contributed by atoms with Crippen LogP contribution in [0.1, 0.15) is 149 Å². The number of carboxylic acids is 1. The van der Waals surface area contributed by atoms with Gasteiger partial charge in [0.25, 0.3) is 0 Å². The highest BCUT2D eigenvalue weighted by Crippen LogP contribution is 2.10. The summed E-state index contributed by atoms with van der Waals surface area (Å²) in [6.45, 7) is 4.39. The molecule has 0 aromatic rings. The van der Waals surface area contributed by atoms with Gasteiger partial charge in [-0.2, -0.15) is 0 Å². The third-order valence-corrected chi connectivity index (χ3v) is 9.58. The molecule has 2 unspecified atom stereocenters. The van der Waals surface area contributed by atoms with Crippen LogP contribution in [0.15, 0.2) is 122 Å². The largest absolute Gasteiger partial charge is 0.544 e. The molecule has 0 saturated carbocycles.